The number of carboxylic acid groups (broad SMARTS) is 1. The van der Waals surface area contributed by atoms with Crippen molar-refractivity contribution in [2.45, 2.75) is 45.1 Å². The molecule has 0 heterocycles. The normalized spacial score (nSPS) is 26.2. The number of hydrogen-bond donors (Lipinski definition) is 2. The highest BCUT2D eigenvalue weighted by Crippen LogP contribution is 2.24. The molecular weight excluding hydrogens is 190 g/mol. The third-order valence-electron chi connectivity index (χ3n) is 3.16. The van der Waals surface area contributed by atoms with Crippen molar-refractivity contribution in [1.82, 2.24) is 5.32 Å². The minimum atomic E-state index is -0.643. The van der Waals surface area contributed by atoms with Crippen molar-refractivity contribution in [2.75, 3.05) is 6.54 Å². The van der Waals surface area contributed by atoms with E-state index in [2.05, 4.69) is 18.8 Å². The molecule has 0 radical (unpaired) electrons. The van der Waals surface area contributed by atoms with Gasteiger partial charge in [0.05, 0.1) is 5.92 Å². The predicted molar refractivity (Wildman–Crippen MR) is 60.8 cm³/mol. The summed E-state index contributed by atoms with van der Waals surface area (Å²) in [5.74, 6) is -0.790. The molecule has 2 N–H and O–H groups in total. The Kier molecular flexibility index (Phi) is 4.82. The molecule has 1 saturated carbocycles. The molecule has 1 rings (SSSR count). The fourth-order valence-electron chi connectivity index (χ4n) is 2.01. The van der Waals surface area contributed by atoms with Crippen LogP contribution >= 0.6 is 0 Å². The summed E-state index contributed by atoms with van der Waals surface area (Å²) in [5, 5.41) is 12.3. The first-order valence-corrected chi connectivity index (χ1v) is 5.76. The summed E-state index contributed by atoms with van der Waals surface area (Å²) in [6.07, 6.45) is 4.71. The fraction of sp³-hybridized carbons (Fsp3) is 0.750. The summed E-state index contributed by atoms with van der Waals surface area (Å²) < 4.78 is 0. The maximum atomic E-state index is 10.8. The Morgan fingerprint density at radius 2 is 2.27 bits per heavy atom. The van der Waals surface area contributed by atoms with E-state index in [-0.39, 0.29) is 5.92 Å². The van der Waals surface area contributed by atoms with E-state index in [9.17, 15) is 4.79 Å². The van der Waals surface area contributed by atoms with Crippen LogP contribution in [-0.2, 0) is 4.79 Å². The van der Waals surface area contributed by atoms with Gasteiger partial charge in [0, 0.05) is 12.6 Å². The van der Waals surface area contributed by atoms with Crippen LogP contribution in [-0.4, -0.2) is 23.7 Å². The molecule has 1 aliphatic carbocycles. The topological polar surface area (TPSA) is 49.3 Å². The number of hydrogen-bond acceptors (Lipinski definition) is 2. The van der Waals surface area contributed by atoms with E-state index in [1.54, 1.807) is 0 Å². The highest BCUT2D eigenvalue weighted by Gasteiger charge is 2.26. The molecular formula is C12H21NO2. The van der Waals surface area contributed by atoms with Crippen molar-refractivity contribution in [2.24, 2.45) is 5.92 Å². The lowest BCUT2D eigenvalue weighted by molar-refractivity contribution is -0.143. The van der Waals surface area contributed by atoms with E-state index < -0.39 is 5.97 Å². The van der Waals surface area contributed by atoms with Gasteiger partial charge < -0.3 is 10.4 Å². The van der Waals surface area contributed by atoms with Crippen molar-refractivity contribution in [3.05, 3.63) is 12.2 Å². The molecule has 0 saturated heterocycles. The lowest BCUT2D eigenvalue weighted by atomic mass is 9.86. The standard InChI is InChI=1S/C12H21NO2/c1-3-9(2)8-13-11-6-4-5-10(7-11)12(14)15/h10-11,13H,2-8H2,1H3,(H,14,15). The predicted octanol–water partition coefficient (Wildman–Crippen LogP) is 2.19. The zero-order valence-electron chi connectivity index (χ0n) is 9.46. The molecule has 15 heavy (non-hydrogen) atoms. The van der Waals surface area contributed by atoms with E-state index in [0.717, 1.165) is 38.6 Å². The van der Waals surface area contributed by atoms with E-state index >= 15 is 0 Å². The van der Waals surface area contributed by atoms with E-state index in [1.165, 1.54) is 5.57 Å². The molecule has 0 amide bonds. The molecule has 0 aromatic rings. The lowest BCUT2D eigenvalue weighted by Gasteiger charge is -2.27. The summed E-state index contributed by atoms with van der Waals surface area (Å²) in [6.45, 7) is 6.85. The number of rotatable bonds is 5. The third-order valence-corrected chi connectivity index (χ3v) is 3.16. The molecule has 3 nitrogen and oxygen atoms in total. The molecule has 2 atom stereocenters. The first kappa shape index (κ1) is 12.2. The minimum absolute atomic E-state index is 0.147. The van der Waals surface area contributed by atoms with Gasteiger partial charge in [-0.15, -0.1) is 0 Å². The van der Waals surface area contributed by atoms with Crippen LogP contribution < -0.4 is 5.32 Å². The van der Waals surface area contributed by atoms with E-state index in [1.807, 2.05) is 0 Å². The van der Waals surface area contributed by atoms with Crippen LogP contribution in [0.25, 0.3) is 0 Å². The Morgan fingerprint density at radius 3 is 2.87 bits per heavy atom. The molecule has 2 unspecified atom stereocenters. The Balaban J connectivity index is 2.30. The van der Waals surface area contributed by atoms with Gasteiger partial charge in [-0.1, -0.05) is 25.5 Å². The Hall–Kier alpha value is -0.830. The zero-order valence-corrected chi connectivity index (χ0v) is 9.46. The molecule has 0 aromatic carbocycles. The lowest BCUT2D eigenvalue weighted by Crippen LogP contribution is -2.37. The highest BCUT2D eigenvalue weighted by molar-refractivity contribution is 5.70. The summed E-state index contributed by atoms with van der Waals surface area (Å²) >= 11 is 0. The number of carboxylic acids is 1. The van der Waals surface area contributed by atoms with E-state index in [0.29, 0.717) is 6.04 Å². The Labute approximate surface area is 91.6 Å². The fourth-order valence-corrected chi connectivity index (χ4v) is 2.01. The maximum absolute atomic E-state index is 10.8. The molecule has 0 spiro atoms. The van der Waals surface area contributed by atoms with Crippen LogP contribution in [0.2, 0.25) is 0 Å². The number of nitrogens with one attached hydrogen (secondary N) is 1. The van der Waals surface area contributed by atoms with Crippen LogP contribution in [0.4, 0.5) is 0 Å². The van der Waals surface area contributed by atoms with Gasteiger partial charge in [0.1, 0.15) is 0 Å². The molecule has 3 heteroatoms. The molecule has 1 aliphatic rings. The molecule has 0 aliphatic heterocycles. The zero-order chi connectivity index (χ0) is 11.3. The first-order valence-electron chi connectivity index (χ1n) is 5.76. The minimum Gasteiger partial charge on any atom is -0.481 e. The molecule has 1 fully saturated rings. The van der Waals surface area contributed by atoms with E-state index in [4.69, 9.17) is 5.11 Å². The van der Waals surface area contributed by atoms with Crippen molar-refractivity contribution < 1.29 is 9.90 Å². The van der Waals surface area contributed by atoms with Crippen molar-refractivity contribution in [1.29, 1.82) is 0 Å². The highest BCUT2D eigenvalue weighted by atomic mass is 16.4. The van der Waals surface area contributed by atoms with Gasteiger partial charge in [0.2, 0.25) is 0 Å². The van der Waals surface area contributed by atoms with Gasteiger partial charge in [-0.3, -0.25) is 4.79 Å². The Morgan fingerprint density at radius 1 is 1.53 bits per heavy atom. The second-order valence-corrected chi connectivity index (χ2v) is 4.38. The largest absolute Gasteiger partial charge is 0.481 e. The monoisotopic (exact) mass is 211 g/mol. The van der Waals surface area contributed by atoms with Gasteiger partial charge in [0.25, 0.3) is 0 Å². The maximum Gasteiger partial charge on any atom is 0.306 e. The van der Waals surface area contributed by atoms with Crippen LogP contribution in [0, 0.1) is 5.92 Å². The van der Waals surface area contributed by atoms with Crippen molar-refractivity contribution in [3.63, 3.8) is 0 Å². The van der Waals surface area contributed by atoms with Crippen LogP contribution in [0.5, 0.6) is 0 Å². The second-order valence-electron chi connectivity index (χ2n) is 4.38. The van der Waals surface area contributed by atoms with Crippen molar-refractivity contribution in [3.8, 4) is 0 Å². The molecule has 86 valence electrons. The third kappa shape index (κ3) is 4.04. The summed E-state index contributed by atoms with van der Waals surface area (Å²) in [6, 6.07) is 0.364. The van der Waals surface area contributed by atoms with Crippen molar-refractivity contribution >= 4 is 5.97 Å². The molecule has 0 bridgehead atoms. The van der Waals surface area contributed by atoms with Crippen LogP contribution in [0.15, 0.2) is 12.2 Å². The average Bonchev–Trinajstić information content (AvgIpc) is 2.26. The van der Waals surface area contributed by atoms with Gasteiger partial charge in [-0.2, -0.15) is 0 Å². The summed E-state index contributed by atoms with van der Waals surface area (Å²) in [5.41, 5.74) is 1.19. The number of carbonyl (C=O) groups is 1. The first-order chi connectivity index (χ1) is 7.13. The average molecular weight is 211 g/mol. The summed E-state index contributed by atoms with van der Waals surface area (Å²) in [4.78, 5) is 10.8. The SMILES string of the molecule is C=C(CC)CNC1CCCC(C(=O)O)C1. The van der Waals surface area contributed by atoms with Crippen LogP contribution in [0.3, 0.4) is 0 Å². The van der Waals surface area contributed by atoms with Gasteiger partial charge in [0.15, 0.2) is 0 Å². The quantitative estimate of drug-likeness (QED) is 0.685. The molecule has 0 aromatic heterocycles. The smallest absolute Gasteiger partial charge is 0.306 e. The van der Waals surface area contributed by atoms with Gasteiger partial charge >= 0.3 is 5.97 Å². The summed E-state index contributed by atoms with van der Waals surface area (Å²) in [7, 11) is 0. The van der Waals surface area contributed by atoms with Gasteiger partial charge in [-0.05, 0) is 25.7 Å². The van der Waals surface area contributed by atoms with Gasteiger partial charge in [-0.25, -0.2) is 0 Å². The van der Waals surface area contributed by atoms with Crippen LogP contribution in [0.1, 0.15) is 39.0 Å². The Bertz CT molecular complexity index is 238. The number of aliphatic carboxylic acids is 1. The second kappa shape index (κ2) is 5.91.